The molecule has 19 heavy (non-hydrogen) atoms. The first-order chi connectivity index (χ1) is 9.29. The molecule has 0 radical (unpaired) electrons. The Morgan fingerprint density at radius 3 is 2.79 bits per heavy atom. The van der Waals surface area contributed by atoms with Gasteiger partial charge < -0.3 is 5.32 Å². The SMILES string of the molecule is CNC(c1ccc(Cl)cc1)C1CCCc2sccc21. The fraction of sp³-hybridized carbons (Fsp3) is 0.375. The number of thiophene rings is 1. The van der Waals surface area contributed by atoms with Crippen molar-refractivity contribution < 1.29 is 0 Å². The number of hydrogen-bond acceptors (Lipinski definition) is 2. The van der Waals surface area contributed by atoms with Gasteiger partial charge in [-0.15, -0.1) is 11.3 Å². The Balaban J connectivity index is 1.94. The summed E-state index contributed by atoms with van der Waals surface area (Å²) in [7, 11) is 2.06. The van der Waals surface area contributed by atoms with Crippen molar-refractivity contribution in [1.29, 1.82) is 0 Å². The third-order valence-corrected chi connectivity index (χ3v) is 5.29. The van der Waals surface area contributed by atoms with Gasteiger partial charge in [0, 0.05) is 21.9 Å². The summed E-state index contributed by atoms with van der Waals surface area (Å²) in [5.74, 6) is 0.584. The molecule has 0 spiro atoms. The molecule has 1 aliphatic carbocycles. The fourth-order valence-electron chi connectivity index (χ4n) is 3.14. The Bertz CT molecular complexity index is 546. The number of likely N-dealkylation sites (N-methyl/N-ethyl adjacent to an activating group) is 1. The van der Waals surface area contributed by atoms with E-state index in [2.05, 4.69) is 35.9 Å². The summed E-state index contributed by atoms with van der Waals surface area (Å²) < 4.78 is 0. The zero-order valence-corrected chi connectivity index (χ0v) is 12.6. The molecule has 2 aromatic rings. The van der Waals surface area contributed by atoms with Crippen LogP contribution in [0.25, 0.3) is 0 Å². The van der Waals surface area contributed by atoms with E-state index in [0.717, 1.165) is 5.02 Å². The molecule has 0 saturated carbocycles. The number of fused-ring (bicyclic) bond motifs is 1. The molecule has 3 rings (SSSR count). The van der Waals surface area contributed by atoms with Crippen LogP contribution in [0.4, 0.5) is 0 Å². The van der Waals surface area contributed by atoms with Gasteiger partial charge in [0.2, 0.25) is 0 Å². The molecule has 0 amide bonds. The lowest BCUT2D eigenvalue weighted by atomic mass is 9.80. The summed E-state index contributed by atoms with van der Waals surface area (Å²) >= 11 is 7.90. The minimum absolute atomic E-state index is 0.380. The van der Waals surface area contributed by atoms with E-state index in [-0.39, 0.29) is 0 Å². The predicted molar refractivity (Wildman–Crippen MR) is 83.3 cm³/mol. The van der Waals surface area contributed by atoms with E-state index in [4.69, 9.17) is 11.6 Å². The number of nitrogens with one attached hydrogen (secondary N) is 1. The second-order valence-electron chi connectivity index (χ2n) is 5.12. The highest BCUT2D eigenvalue weighted by molar-refractivity contribution is 7.10. The van der Waals surface area contributed by atoms with E-state index < -0.39 is 0 Å². The Morgan fingerprint density at radius 1 is 1.26 bits per heavy atom. The van der Waals surface area contributed by atoms with Gasteiger partial charge in [-0.2, -0.15) is 0 Å². The van der Waals surface area contributed by atoms with Gasteiger partial charge in [-0.05, 0) is 61.0 Å². The highest BCUT2D eigenvalue weighted by atomic mass is 35.5. The maximum Gasteiger partial charge on any atom is 0.0406 e. The van der Waals surface area contributed by atoms with Crippen LogP contribution in [0.3, 0.4) is 0 Å². The molecule has 0 fully saturated rings. The molecule has 2 atom stereocenters. The van der Waals surface area contributed by atoms with Crippen LogP contribution in [0.2, 0.25) is 5.02 Å². The quantitative estimate of drug-likeness (QED) is 0.858. The van der Waals surface area contributed by atoms with Crippen molar-refractivity contribution in [1.82, 2.24) is 5.32 Å². The third-order valence-electron chi connectivity index (χ3n) is 4.04. The molecule has 0 aliphatic heterocycles. The highest BCUT2D eigenvalue weighted by Gasteiger charge is 2.28. The van der Waals surface area contributed by atoms with Crippen LogP contribution in [0.1, 0.15) is 40.8 Å². The molecule has 1 N–H and O–H groups in total. The normalized spacial score (nSPS) is 20.0. The van der Waals surface area contributed by atoms with Crippen LogP contribution in [0.5, 0.6) is 0 Å². The Labute approximate surface area is 123 Å². The maximum atomic E-state index is 5.99. The Morgan fingerprint density at radius 2 is 2.05 bits per heavy atom. The summed E-state index contributed by atoms with van der Waals surface area (Å²) in [5, 5.41) is 6.54. The monoisotopic (exact) mass is 291 g/mol. The smallest absolute Gasteiger partial charge is 0.0406 e. The van der Waals surface area contributed by atoms with Crippen molar-refractivity contribution in [2.45, 2.75) is 31.2 Å². The minimum Gasteiger partial charge on any atom is -0.312 e. The largest absolute Gasteiger partial charge is 0.312 e. The number of rotatable bonds is 3. The van der Waals surface area contributed by atoms with E-state index in [1.807, 2.05) is 23.5 Å². The highest BCUT2D eigenvalue weighted by Crippen LogP contribution is 2.42. The van der Waals surface area contributed by atoms with E-state index >= 15 is 0 Å². The first-order valence-corrected chi connectivity index (χ1v) is 8.04. The van der Waals surface area contributed by atoms with Crippen LogP contribution in [0, 0.1) is 0 Å². The molecule has 3 heteroatoms. The van der Waals surface area contributed by atoms with E-state index in [0.29, 0.717) is 12.0 Å². The molecule has 0 bridgehead atoms. The fourth-order valence-corrected chi connectivity index (χ4v) is 4.26. The first kappa shape index (κ1) is 13.2. The lowest BCUT2D eigenvalue weighted by Gasteiger charge is -2.31. The second kappa shape index (κ2) is 5.66. The first-order valence-electron chi connectivity index (χ1n) is 6.78. The minimum atomic E-state index is 0.380. The van der Waals surface area contributed by atoms with Gasteiger partial charge in [0.25, 0.3) is 0 Å². The molecule has 100 valence electrons. The molecule has 2 unspecified atom stereocenters. The van der Waals surface area contributed by atoms with Crippen molar-refractivity contribution in [2.24, 2.45) is 0 Å². The molecule has 1 aromatic heterocycles. The number of halogens is 1. The Kier molecular flexibility index (Phi) is 3.92. The van der Waals surface area contributed by atoms with Gasteiger partial charge >= 0.3 is 0 Å². The lowest BCUT2D eigenvalue weighted by Crippen LogP contribution is -2.26. The van der Waals surface area contributed by atoms with Gasteiger partial charge in [0.15, 0.2) is 0 Å². The van der Waals surface area contributed by atoms with Gasteiger partial charge in [0.05, 0.1) is 0 Å². The van der Waals surface area contributed by atoms with E-state index in [9.17, 15) is 0 Å². The molecule has 1 nitrogen and oxygen atoms in total. The molecule has 1 aliphatic rings. The summed E-state index contributed by atoms with van der Waals surface area (Å²) in [6, 6.07) is 10.9. The standard InChI is InChI=1S/C16H18ClNS/c1-18-16(11-5-7-12(17)8-6-11)14-3-2-4-15-13(14)9-10-19-15/h5-10,14,16,18H,2-4H2,1H3. The number of hydrogen-bond donors (Lipinski definition) is 1. The van der Waals surface area contributed by atoms with Crippen molar-refractivity contribution in [3.63, 3.8) is 0 Å². The zero-order valence-electron chi connectivity index (χ0n) is 11.0. The van der Waals surface area contributed by atoms with Crippen LogP contribution >= 0.6 is 22.9 Å². The predicted octanol–water partition coefficient (Wildman–Crippen LogP) is 4.78. The molecular formula is C16H18ClNS. The van der Waals surface area contributed by atoms with Gasteiger partial charge in [-0.1, -0.05) is 23.7 Å². The van der Waals surface area contributed by atoms with Crippen LogP contribution < -0.4 is 5.32 Å². The van der Waals surface area contributed by atoms with Crippen LogP contribution in [-0.4, -0.2) is 7.05 Å². The van der Waals surface area contributed by atoms with Gasteiger partial charge in [0.1, 0.15) is 0 Å². The van der Waals surface area contributed by atoms with Crippen molar-refractivity contribution in [2.75, 3.05) is 7.05 Å². The number of aryl methyl sites for hydroxylation is 1. The van der Waals surface area contributed by atoms with Crippen molar-refractivity contribution in [3.8, 4) is 0 Å². The van der Waals surface area contributed by atoms with Gasteiger partial charge in [-0.3, -0.25) is 0 Å². The Hall–Kier alpha value is -0.830. The molecule has 1 heterocycles. The average molecular weight is 292 g/mol. The van der Waals surface area contributed by atoms with Crippen LogP contribution in [-0.2, 0) is 6.42 Å². The van der Waals surface area contributed by atoms with E-state index in [1.54, 1.807) is 10.4 Å². The average Bonchev–Trinajstić information content (AvgIpc) is 2.91. The van der Waals surface area contributed by atoms with Crippen molar-refractivity contribution in [3.05, 3.63) is 56.7 Å². The van der Waals surface area contributed by atoms with E-state index in [1.165, 1.54) is 24.8 Å². The molecular weight excluding hydrogens is 274 g/mol. The summed E-state index contributed by atoms with van der Waals surface area (Å²) in [6.45, 7) is 0. The van der Waals surface area contributed by atoms with Crippen molar-refractivity contribution >= 4 is 22.9 Å². The number of benzene rings is 1. The lowest BCUT2D eigenvalue weighted by molar-refractivity contribution is 0.428. The summed E-state index contributed by atoms with van der Waals surface area (Å²) in [4.78, 5) is 1.57. The third kappa shape index (κ3) is 2.58. The van der Waals surface area contributed by atoms with Gasteiger partial charge in [-0.25, -0.2) is 0 Å². The summed E-state index contributed by atoms with van der Waals surface area (Å²) in [6.07, 6.45) is 3.81. The topological polar surface area (TPSA) is 12.0 Å². The molecule has 0 saturated heterocycles. The zero-order chi connectivity index (χ0) is 13.2. The second-order valence-corrected chi connectivity index (χ2v) is 6.55. The molecule has 1 aromatic carbocycles. The summed E-state index contributed by atoms with van der Waals surface area (Å²) in [5.41, 5.74) is 2.88. The maximum absolute atomic E-state index is 5.99. The van der Waals surface area contributed by atoms with Crippen LogP contribution in [0.15, 0.2) is 35.7 Å².